The van der Waals surface area contributed by atoms with Crippen molar-refractivity contribution >= 4 is 27.7 Å². The van der Waals surface area contributed by atoms with Crippen molar-refractivity contribution < 1.29 is 18.9 Å². The van der Waals surface area contributed by atoms with E-state index in [0.29, 0.717) is 12.3 Å². The Morgan fingerprint density at radius 2 is 2.27 bits per heavy atom. The molecule has 0 unspecified atom stereocenters. The molecule has 1 saturated heterocycles. The molecular weight excluding hydrogens is 346 g/mol. The van der Waals surface area contributed by atoms with E-state index in [1.165, 1.54) is 0 Å². The molecule has 120 valence electrons. The molecule has 0 spiro atoms. The zero-order valence-electron chi connectivity index (χ0n) is 13.3. The maximum Gasteiger partial charge on any atom is 0.310 e. The molecule has 0 N–H and O–H groups in total. The van der Waals surface area contributed by atoms with Crippen molar-refractivity contribution in [1.29, 1.82) is 0 Å². The van der Waals surface area contributed by atoms with Crippen LogP contribution in [0.25, 0.3) is 0 Å². The summed E-state index contributed by atoms with van der Waals surface area (Å²) in [6.07, 6.45) is 5.94. The monoisotopic (exact) mass is 368 g/mol. The van der Waals surface area contributed by atoms with E-state index in [9.17, 15) is 9.59 Å². The van der Waals surface area contributed by atoms with Gasteiger partial charge in [0, 0.05) is 12.5 Å². The number of hydrogen-bond donors (Lipinski definition) is 0. The first-order chi connectivity index (χ1) is 10.3. The molecule has 2 atom stereocenters. The topological polar surface area (TPSA) is 47.2 Å². The molecule has 0 aliphatic carbocycles. The van der Waals surface area contributed by atoms with Gasteiger partial charge in [0.2, 0.25) is 12.3 Å². The molecule has 1 aromatic rings. The number of pyridine rings is 1. The molecule has 0 bridgehead atoms. The minimum atomic E-state index is -0.992. The van der Waals surface area contributed by atoms with Crippen LogP contribution < -0.4 is 4.57 Å². The van der Waals surface area contributed by atoms with Gasteiger partial charge in [0.1, 0.15) is 0 Å². The Bertz CT molecular complexity index is 573. The fraction of sp³-hybridized carbons (Fsp3) is 0.588. The van der Waals surface area contributed by atoms with Gasteiger partial charge in [0.25, 0.3) is 0 Å². The lowest BCUT2D eigenvalue weighted by Gasteiger charge is -2.19. The van der Waals surface area contributed by atoms with Crippen LogP contribution in [-0.4, -0.2) is 17.4 Å². The van der Waals surface area contributed by atoms with Crippen LogP contribution in [0.2, 0.25) is 0 Å². The lowest BCUT2D eigenvalue weighted by molar-refractivity contribution is -0.685. The Labute approximate surface area is 140 Å². The molecule has 2 rings (SSSR count). The maximum absolute atomic E-state index is 12.6. The van der Waals surface area contributed by atoms with Crippen LogP contribution in [0.1, 0.15) is 40.0 Å². The number of Topliss-reactive ketones (excluding diaryl/α,β-unsaturated/α-hetero) is 1. The van der Waals surface area contributed by atoms with Gasteiger partial charge in [-0.25, -0.2) is 0 Å². The Kier molecular flexibility index (Phi) is 5.37. The summed E-state index contributed by atoms with van der Waals surface area (Å²) in [4.78, 5) is 24.6. The third kappa shape index (κ3) is 4.15. The van der Waals surface area contributed by atoms with Crippen LogP contribution in [0.15, 0.2) is 29.0 Å². The largest absolute Gasteiger partial charge is 0.451 e. The zero-order valence-corrected chi connectivity index (χ0v) is 14.9. The van der Waals surface area contributed by atoms with E-state index in [-0.39, 0.29) is 24.2 Å². The summed E-state index contributed by atoms with van der Waals surface area (Å²) in [7, 11) is 0. The second-order valence-electron chi connectivity index (χ2n) is 6.64. The van der Waals surface area contributed by atoms with Gasteiger partial charge in [-0.3, -0.25) is 9.59 Å². The van der Waals surface area contributed by atoms with Gasteiger partial charge in [-0.05, 0) is 41.3 Å². The highest BCUT2D eigenvalue weighted by molar-refractivity contribution is 9.10. The second-order valence-corrected chi connectivity index (χ2v) is 7.56. The molecule has 0 amide bonds. The predicted octanol–water partition coefficient (Wildman–Crippen LogP) is 3.06. The number of cyclic esters (lactones) is 1. The van der Waals surface area contributed by atoms with Gasteiger partial charge >= 0.3 is 5.97 Å². The molecule has 1 aliphatic rings. The Morgan fingerprint density at radius 1 is 1.55 bits per heavy atom. The van der Waals surface area contributed by atoms with Crippen LogP contribution in [0.3, 0.4) is 0 Å². The van der Waals surface area contributed by atoms with Crippen LogP contribution in [0, 0.1) is 11.8 Å². The average molecular weight is 369 g/mol. The number of aromatic nitrogens is 1. The fourth-order valence-electron chi connectivity index (χ4n) is 2.75. The molecule has 22 heavy (non-hydrogen) atoms. The van der Waals surface area contributed by atoms with Crippen molar-refractivity contribution in [3.05, 3.63) is 29.0 Å². The number of hydrogen-bond acceptors (Lipinski definition) is 3. The minimum Gasteiger partial charge on any atom is -0.451 e. The minimum absolute atomic E-state index is 0.0593. The number of carbonyl (C=O) groups is 2. The van der Waals surface area contributed by atoms with Crippen molar-refractivity contribution in [3.8, 4) is 0 Å². The summed E-state index contributed by atoms with van der Waals surface area (Å²) in [5.41, 5.74) is -0.992. The second kappa shape index (κ2) is 6.90. The van der Waals surface area contributed by atoms with Gasteiger partial charge in [-0.2, -0.15) is 4.57 Å². The maximum atomic E-state index is 12.6. The van der Waals surface area contributed by atoms with Gasteiger partial charge in [0.05, 0.1) is 10.4 Å². The molecule has 1 aliphatic heterocycles. The van der Waals surface area contributed by atoms with Crippen LogP contribution in [-0.2, 0) is 20.9 Å². The van der Waals surface area contributed by atoms with Crippen LogP contribution in [0.4, 0.5) is 0 Å². The fourth-order valence-corrected chi connectivity index (χ4v) is 3.16. The average Bonchev–Trinajstić information content (AvgIpc) is 2.72. The SMILES string of the molecule is CC(C)CC[C@@H]1C[C@](C)(C(=O)C[n+]2cccc(Br)c2)OC1=O. The number of carbonyl (C=O) groups excluding carboxylic acids is 2. The number of ketones is 1. The summed E-state index contributed by atoms with van der Waals surface area (Å²) in [6.45, 7) is 6.21. The van der Waals surface area contributed by atoms with Crippen molar-refractivity contribution in [3.63, 3.8) is 0 Å². The lowest BCUT2D eigenvalue weighted by atomic mass is 9.88. The van der Waals surface area contributed by atoms with Gasteiger partial charge < -0.3 is 4.74 Å². The third-order valence-electron chi connectivity index (χ3n) is 4.13. The van der Waals surface area contributed by atoms with Crippen molar-refractivity contribution in [2.45, 2.75) is 52.2 Å². The van der Waals surface area contributed by atoms with Gasteiger partial charge in [-0.1, -0.05) is 20.3 Å². The third-order valence-corrected chi connectivity index (χ3v) is 4.59. The molecule has 0 radical (unpaired) electrons. The number of nitrogens with zero attached hydrogens (tertiary/aromatic N) is 1. The van der Waals surface area contributed by atoms with E-state index < -0.39 is 5.60 Å². The molecule has 5 heteroatoms. The molecule has 1 fully saturated rings. The summed E-state index contributed by atoms with van der Waals surface area (Å²) >= 11 is 3.38. The summed E-state index contributed by atoms with van der Waals surface area (Å²) in [5.74, 6) is 0.114. The van der Waals surface area contributed by atoms with E-state index in [2.05, 4.69) is 29.8 Å². The Morgan fingerprint density at radius 3 is 2.91 bits per heavy atom. The highest BCUT2D eigenvalue weighted by atomic mass is 79.9. The number of ether oxygens (including phenoxy) is 1. The van der Waals surface area contributed by atoms with E-state index in [1.54, 1.807) is 11.5 Å². The van der Waals surface area contributed by atoms with E-state index >= 15 is 0 Å². The highest BCUT2D eigenvalue weighted by Crippen LogP contribution is 2.35. The predicted molar refractivity (Wildman–Crippen MR) is 86.0 cm³/mol. The van der Waals surface area contributed by atoms with Crippen molar-refractivity contribution in [1.82, 2.24) is 0 Å². The molecule has 0 saturated carbocycles. The number of halogens is 1. The normalized spacial score (nSPS) is 24.6. The highest BCUT2D eigenvalue weighted by Gasteiger charge is 2.49. The molecule has 4 nitrogen and oxygen atoms in total. The quantitative estimate of drug-likeness (QED) is 0.572. The number of rotatable bonds is 6. The first kappa shape index (κ1) is 17.1. The van der Waals surface area contributed by atoms with Crippen LogP contribution >= 0.6 is 15.9 Å². The Balaban J connectivity index is 2.01. The van der Waals surface area contributed by atoms with Crippen LogP contribution in [0.5, 0.6) is 0 Å². The summed E-state index contributed by atoms with van der Waals surface area (Å²) in [5, 5.41) is 0. The summed E-state index contributed by atoms with van der Waals surface area (Å²) < 4.78 is 8.15. The smallest absolute Gasteiger partial charge is 0.310 e. The standard InChI is InChI=1S/C17H23BrNO3/c1-12(2)6-7-13-9-17(3,22-16(13)21)15(20)11-19-8-4-5-14(18)10-19/h4-5,8,10,12-13H,6-7,9,11H2,1-3H3/q+1/t13-,17-/m1/s1. The summed E-state index contributed by atoms with van der Waals surface area (Å²) in [6, 6.07) is 3.77. The van der Waals surface area contributed by atoms with Gasteiger partial charge in [0.15, 0.2) is 18.0 Å². The molecule has 0 aromatic carbocycles. The van der Waals surface area contributed by atoms with E-state index in [0.717, 1.165) is 17.3 Å². The van der Waals surface area contributed by atoms with Gasteiger partial charge in [-0.15, -0.1) is 0 Å². The van der Waals surface area contributed by atoms with Crippen molar-refractivity contribution in [2.75, 3.05) is 0 Å². The molecule has 1 aromatic heterocycles. The van der Waals surface area contributed by atoms with E-state index in [1.807, 2.05) is 24.5 Å². The Hall–Kier alpha value is -1.23. The van der Waals surface area contributed by atoms with E-state index in [4.69, 9.17) is 4.74 Å². The zero-order chi connectivity index (χ0) is 16.3. The number of esters is 1. The molecule has 2 heterocycles. The van der Waals surface area contributed by atoms with Crippen molar-refractivity contribution in [2.24, 2.45) is 11.8 Å². The first-order valence-electron chi connectivity index (χ1n) is 7.71. The lowest BCUT2D eigenvalue weighted by Crippen LogP contribution is -2.46. The first-order valence-corrected chi connectivity index (χ1v) is 8.50. The molecular formula is C17H23BrNO3+.